The first-order valence-electron chi connectivity index (χ1n) is 5.09. The van der Waals surface area contributed by atoms with Crippen LogP contribution in [0.25, 0.3) is 0 Å². The molecule has 0 saturated carbocycles. The Balaban J connectivity index is 1.99. The molecule has 3 aliphatic rings. The maximum Gasteiger partial charge on any atom is 0.315 e. The second kappa shape index (κ2) is 2.22. The van der Waals surface area contributed by atoms with E-state index in [2.05, 4.69) is 6.08 Å². The first-order chi connectivity index (χ1) is 6.52. The fraction of sp³-hybridized carbons (Fsp3) is 0.727. The van der Waals surface area contributed by atoms with Crippen LogP contribution in [0, 0.1) is 5.41 Å². The molecule has 3 heteroatoms. The fourth-order valence-electron chi connectivity index (χ4n) is 3.00. The number of rotatable bonds is 0. The number of cyclic esters (lactones) is 1. The van der Waals surface area contributed by atoms with E-state index in [0.29, 0.717) is 0 Å². The quantitative estimate of drug-likeness (QED) is 0.432. The topological polar surface area (TPSA) is 35.5 Å². The highest BCUT2D eigenvalue weighted by Gasteiger charge is 2.62. The first kappa shape index (κ1) is 8.48. The Bertz CT molecular complexity index is 331. The lowest BCUT2D eigenvalue weighted by Gasteiger charge is -2.24. The van der Waals surface area contributed by atoms with Gasteiger partial charge in [-0.2, -0.15) is 0 Å². The Morgan fingerprint density at radius 3 is 2.64 bits per heavy atom. The lowest BCUT2D eigenvalue weighted by atomic mass is 9.73. The van der Waals surface area contributed by atoms with E-state index in [4.69, 9.17) is 9.47 Å². The van der Waals surface area contributed by atoms with Crippen LogP contribution in [0.2, 0.25) is 0 Å². The van der Waals surface area contributed by atoms with Crippen LogP contribution in [0.3, 0.4) is 0 Å². The van der Waals surface area contributed by atoms with Gasteiger partial charge >= 0.3 is 5.97 Å². The number of fused-ring (bicyclic) bond motifs is 3. The highest BCUT2D eigenvalue weighted by Crippen LogP contribution is 2.54. The Hall–Kier alpha value is -0.830. The van der Waals surface area contributed by atoms with Crippen molar-refractivity contribution in [3.8, 4) is 0 Å². The summed E-state index contributed by atoms with van der Waals surface area (Å²) >= 11 is 0. The van der Waals surface area contributed by atoms with Gasteiger partial charge in [0.2, 0.25) is 0 Å². The molecule has 0 aromatic carbocycles. The molecule has 3 heterocycles. The van der Waals surface area contributed by atoms with Crippen LogP contribution in [0.5, 0.6) is 0 Å². The van der Waals surface area contributed by atoms with Crippen molar-refractivity contribution in [2.24, 2.45) is 5.41 Å². The zero-order valence-electron chi connectivity index (χ0n) is 8.45. The number of hydrogen-bond acceptors (Lipinski definition) is 3. The molecule has 14 heavy (non-hydrogen) atoms. The summed E-state index contributed by atoms with van der Waals surface area (Å²) in [6.45, 7) is 3.94. The summed E-state index contributed by atoms with van der Waals surface area (Å²) in [5.74, 6) is -0.0700. The van der Waals surface area contributed by atoms with Gasteiger partial charge in [-0.05, 0) is 20.3 Å². The van der Waals surface area contributed by atoms with Crippen molar-refractivity contribution in [3.63, 3.8) is 0 Å². The molecule has 3 nitrogen and oxygen atoms in total. The second-order valence-electron chi connectivity index (χ2n) is 5.17. The molecule has 3 aliphatic heterocycles. The van der Waals surface area contributed by atoms with Gasteiger partial charge in [-0.1, -0.05) is 12.2 Å². The van der Waals surface area contributed by atoms with Crippen LogP contribution in [0.15, 0.2) is 12.2 Å². The summed E-state index contributed by atoms with van der Waals surface area (Å²) in [5.41, 5.74) is -0.693. The van der Waals surface area contributed by atoms with Crippen molar-refractivity contribution in [3.05, 3.63) is 12.2 Å². The summed E-state index contributed by atoms with van der Waals surface area (Å²) < 4.78 is 11.0. The van der Waals surface area contributed by atoms with Crippen molar-refractivity contribution in [2.45, 2.75) is 44.5 Å². The molecule has 76 valence electrons. The third-order valence-corrected chi connectivity index (χ3v) is 3.45. The standard InChI is InChI=1S/C11H14O3/c1-10(2)6-11(9(12)14-10)5-7-3-4-8(11)13-7/h3-4,7-8H,5-6H2,1-2H3. The van der Waals surface area contributed by atoms with Gasteiger partial charge < -0.3 is 9.47 Å². The molecule has 0 radical (unpaired) electrons. The van der Waals surface area contributed by atoms with Gasteiger partial charge in [0.15, 0.2) is 0 Å². The Kier molecular flexibility index (Phi) is 1.34. The average molecular weight is 194 g/mol. The molecule has 0 amide bonds. The van der Waals surface area contributed by atoms with Crippen molar-refractivity contribution in [1.82, 2.24) is 0 Å². The van der Waals surface area contributed by atoms with Crippen molar-refractivity contribution in [2.75, 3.05) is 0 Å². The van der Waals surface area contributed by atoms with E-state index >= 15 is 0 Å². The molecule has 0 aromatic rings. The summed E-state index contributed by atoms with van der Waals surface area (Å²) in [4.78, 5) is 11.9. The van der Waals surface area contributed by atoms with Crippen LogP contribution in [-0.2, 0) is 14.3 Å². The maximum atomic E-state index is 11.9. The largest absolute Gasteiger partial charge is 0.459 e. The van der Waals surface area contributed by atoms with E-state index in [1.807, 2.05) is 19.9 Å². The molecular formula is C11H14O3. The van der Waals surface area contributed by atoms with Gasteiger partial charge in [-0.15, -0.1) is 0 Å². The number of hydrogen-bond donors (Lipinski definition) is 0. The monoisotopic (exact) mass is 194 g/mol. The molecule has 3 rings (SSSR count). The lowest BCUT2D eigenvalue weighted by molar-refractivity contribution is -0.153. The fourth-order valence-corrected chi connectivity index (χ4v) is 3.00. The third-order valence-electron chi connectivity index (χ3n) is 3.45. The average Bonchev–Trinajstić information content (AvgIpc) is 2.65. The molecule has 2 bridgehead atoms. The number of carbonyl (C=O) groups excluding carboxylic acids is 1. The highest BCUT2D eigenvalue weighted by atomic mass is 16.6. The van der Waals surface area contributed by atoms with E-state index in [1.165, 1.54) is 0 Å². The van der Waals surface area contributed by atoms with E-state index in [9.17, 15) is 4.79 Å². The lowest BCUT2D eigenvalue weighted by Crippen LogP contribution is -2.35. The predicted octanol–water partition coefficient (Wildman–Crippen LogP) is 1.43. The molecule has 1 spiro atoms. The molecule has 0 N–H and O–H groups in total. The van der Waals surface area contributed by atoms with Crippen LogP contribution in [-0.4, -0.2) is 23.8 Å². The minimum absolute atomic E-state index is 0.0400. The second-order valence-corrected chi connectivity index (χ2v) is 5.17. The number of esters is 1. The zero-order chi connectivity index (χ0) is 9.97. The molecule has 3 atom stereocenters. The minimum atomic E-state index is -0.372. The Morgan fingerprint density at radius 2 is 2.21 bits per heavy atom. The van der Waals surface area contributed by atoms with Crippen LogP contribution < -0.4 is 0 Å². The van der Waals surface area contributed by atoms with Gasteiger partial charge in [0.1, 0.15) is 11.0 Å². The van der Waals surface area contributed by atoms with Gasteiger partial charge in [-0.25, -0.2) is 0 Å². The molecule has 3 unspecified atom stereocenters. The molecule has 0 aliphatic carbocycles. The Labute approximate surface area is 83.1 Å². The highest BCUT2D eigenvalue weighted by molar-refractivity contribution is 5.81. The van der Waals surface area contributed by atoms with E-state index in [0.717, 1.165) is 12.8 Å². The summed E-state index contributed by atoms with van der Waals surface area (Å²) in [7, 11) is 0. The summed E-state index contributed by atoms with van der Waals surface area (Å²) in [5, 5.41) is 0. The predicted molar refractivity (Wildman–Crippen MR) is 49.6 cm³/mol. The third kappa shape index (κ3) is 0.883. The SMILES string of the molecule is CC1(C)CC2(CC3C=CC2O3)C(=O)O1. The molecular weight excluding hydrogens is 180 g/mol. The number of carbonyl (C=O) groups is 1. The van der Waals surface area contributed by atoms with E-state index in [1.54, 1.807) is 0 Å². The Morgan fingerprint density at radius 1 is 1.43 bits per heavy atom. The van der Waals surface area contributed by atoms with Crippen molar-refractivity contribution >= 4 is 5.97 Å². The summed E-state index contributed by atoms with van der Waals surface area (Å²) in [6, 6.07) is 0. The maximum absolute atomic E-state index is 11.9. The molecule has 2 saturated heterocycles. The summed E-state index contributed by atoms with van der Waals surface area (Å²) in [6.07, 6.45) is 5.75. The van der Waals surface area contributed by atoms with Crippen LogP contribution in [0.4, 0.5) is 0 Å². The van der Waals surface area contributed by atoms with Gasteiger partial charge in [-0.3, -0.25) is 4.79 Å². The van der Waals surface area contributed by atoms with Gasteiger partial charge in [0, 0.05) is 6.42 Å². The minimum Gasteiger partial charge on any atom is -0.459 e. The van der Waals surface area contributed by atoms with E-state index in [-0.39, 0.29) is 29.2 Å². The normalized spacial score (nSPS) is 47.7. The smallest absolute Gasteiger partial charge is 0.315 e. The van der Waals surface area contributed by atoms with Gasteiger partial charge in [0.05, 0.1) is 12.2 Å². The zero-order valence-corrected chi connectivity index (χ0v) is 8.45. The van der Waals surface area contributed by atoms with Crippen molar-refractivity contribution in [1.29, 1.82) is 0 Å². The van der Waals surface area contributed by atoms with Crippen LogP contribution >= 0.6 is 0 Å². The van der Waals surface area contributed by atoms with Crippen LogP contribution in [0.1, 0.15) is 26.7 Å². The number of ether oxygens (including phenoxy) is 2. The molecule has 0 aromatic heterocycles. The van der Waals surface area contributed by atoms with Gasteiger partial charge in [0.25, 0.3) is 0 Å². The van der Waals surface area contributed by atoms with E-state index < -0.39 is 0 Å². The van der Waals surface area contributed by atoms with Crippen molar-refractivity contribution < 1.29 is 14.3 Å². The first-order valence-corrected chi connectivity index (χ1v) is 5.09. The molecule has 2 fully saturated rings.